The molecular weight excluding hydrogens is 280 g/mol. The molecule has 2 heterocycles. The van der Waals surface area contributed by atoms with E-state index in [0.29, 0.717) is 11.9 Å². The molecule has 0 saturated carbocycles. The molecule has 0 bridgehead atoms. The number of aryl methyl sites for hydroxylation is 1. The summed E-state index contributed by atoms with van der Waals surface area (Å²) in [6, 6.07) is 4.39. The van der Waals surface area contributed by atoms with Crippen LogP contribution in [0.2, 0.25) is 0 Å². The van der Waals surface area contributed by atoms with Crippen molar-refractivity contribution >= 4 is 23.0 Å². The van der Waals surface area contributed by atoms with Crippen LogP contribution in [0.25, 0.3) is 0 Å². The summed E-state index contributed by atoms with van der Waals surface area (Å²) >= 11 is 1.85. The summed E-state index contributed by atoms with van der Waals surface area (Å²) in [5.74, 6) is 2.14. The van der Waals surface area contributed by atoms with E-state index in [1.807, 2.05) is 17.4 Å². The summed E-state index contributed by atoms with van der Waals surface area (Å²) in [7, 11) is 0. The molecule has 21 heavy (non-hydrogen) atoms. The summed E-state index contributed by atoms with van der Waals surface area (Å²) in [4.78, 5) is 10.5. The van der Waals surface area contributed by atoms with Gasteiger partial charge in [0.1, 0.15) is 17.5 Å². The van der Waals surface area contributed by atoms with Crippen molar-refractivity contribution in [2.24, 2.45) is 0 Å². The van der Waals surface area contributed by atoms with Crippen molar-refractivity contribution in [3.63, 3.8) is 0 Å². The third-order valence-electron chi connectivity index (χ3n) is 3.79. The van der Waals surface area contributed by atoms with Gasteiger partial charge in [-0.15, -0.1) is 11.3 Å². The first-order valence-electron chi connectivity index (χ1n) is 7.41. The van der Waals surface area contributed by atoms with Crippen molar-refractivity contribution in [2.45, 2.75) is 51.5 Å². The number of hydrogen-bond donors (Lipinski definition) is 2. The maximum atomic E-state index is 5.95. The van der Waals surface area contributed by atoms with E-state index in [4.69, 9.17) is 5.73 Å². The Balaban J connectivity index is 1.88. The van der Waals surface area contributed by atoms with Gasteiger partial charge in [0.2, 0.25) is 0 Å². The number of fused-ring (bicyclic) bond motifs is 1. The fourth-order valence-corrected chi connectivity index (χ4v) is 3.68. The molecule has 112 valence electrons. The third-order valence-corrected chi connectivity index (χ3v) is 4.79. The van der Waals surface area contributed by atoms with E-state index in [1.165, 1.54) is 23.3 Å². The zero-order valence-electron chi connectivity index (χ0n) is 12.8. The van der Waals surface area contributed by atoms with Gasteiger partial charge in [-0.25, -0.2) is 9.97 Å². The minimum absolute atomic E-state index is 0.105. The molecule has 0 amide bonds. The Hall–Kier alpha value is -1.62. The summed E-state index contributed by atoms with van der Waals surface area (Å²) in [6.45, 7) is 6.30. The monoisotopic (exact) mass is 302 g/mol. The number of nitrogens with two attached hydrogens (primary N) is 1. The van der Waals surface area contributed by atoms with Crippen LogP contribution in [0.4, 0.5) is 11.6 Å². The van der Waals surface area contributed by atoms with Gasteiger partial charge in [-0.05, 0) is 36.3 Å². The predicted octanol–water partition coefficient (Wildman–Crippen LogP) is 3.91. The molecule has 1 aliphatic rings. The van der Waals surface area contributed by atoms with Crippen molar-refractivity contribution in [1.82, 2.24) is 9.97 Å². The molecule has 2 aromatic heterocycles. The molecule has 1 aliphatic carbocycles. The van der Waals surface area contributed by atoms with E-state index >= 15 is 0 Å². The van der Waals surface area contributed by atoms with Gasteiger partial charge in [0.15, 0.2) is 0 Å². The zero-order valence-corrected chi connectivity index (χ0v) is 13.6. The van der Waals surface area contributed by atoms with E-state index < -0.39 is 0 Å². The summed E-state index contributed by atoms with van der Waals surface area (Å²) in [5, 5.41) is 5.73. The number of anilines is 2. The molecular formula is C16H22N4S. The lowest BCUT2D eigenvalue weighted by Gasteiger charge is -2.25. The van der Waals surface area contributed by atoms with Crippen LogP contribution in [-0.4, -0.2) is 9.97 Å². The van der Waals surface area contributed by atoms with Gasteiger partial charge < -0.3 is 11.1 Å². The highest BCUT2D eigenvalue weighted by atomic mass is 32.1. The van der Waals surface area contributed by atoms with E-state index in [-0.39, 0.29) is 5.41 Å². The van der Waals surface area contributed by atoms with Gasteiger partial charge in [0, 0.05) is 16.4 Å². The molecule has 3 N–H and O–H groups in total. The van der Waals surface area contributed by atoms with Crippen molar-refractivity contribution in [1.29, 1.82) is 0 Å². The van der Waals surface area contributed by atoms with Crippen LogP contribution < -0.4 is 11.1 Å². The van der Waals surface area contributed by atoms with Crippen molar-refractivity contribution in [3.05, 3.63) is 33.8 Å². The number of nitrogen functional groups attached to an aromatic ring is 1. The molecule has 2 aromatic rings. The van der Waals surface area contributed by atoms with Gasteiger partial charge in [-0.1, -0.05) is 20.8 Å². The standard InChI is InChI=1S/C16H22N4S/c1-16(2,3)15-19-13(17)9-14(20-15)18-11-5-4-6-12-10(11)7-8-21-12/h7-9,11H,4-6H2,1-3H3,(H3,17,18,19,20). The Morgan fingerprint density at radius 1 is 1.33 bits per heavy atom. The highest BCUT2D eigenvalue weighted by molar-refractivity contribution is 7.10. The van der Waals surface area contributed by atoms with Crippen LogP contribution in [-0.2, 0) is 11.8 Å². The molecule has 4 nitrogen and oxygen atoms in total. The Kier molecular flexibility index (Phi) is 3.61. The minimum Gasteiger partial charge on any atom is -0.384 e. The molecule has 0 fully saturated rings. The number of nitrogens with zero attached hydrogens (tertiary/aromatic N) is 2. The average Bonchev–Trinajstić information content (AvgIpc) is 2.86. The molecule has 0 radical (unpaired) electrons. The first kappa shape index (κ1) is 14.3. The molecule has 0 aliphatic heterocycles. The van der Waals surface area contributed by atoms with Crippen LogP contribution in [0.15, 0.2) is 17.5 Å². The molecule has 1 atom stereocenters. The number of rotatable bonds is 2. The lowest BCUT2D eigenvalue weighted by atomic mass is 9.94. The maximum Gasteiger partial charge on any atom is 0.138 e. The second kappa shape index (κ2) is 5.30. The molecule has 5 heteroatoms. The summed E-state index contributed by atoms with van der Waals surface area (Å²) < 4.78 is 0. The van der Waals surface area contributed by atoms with Gasteiger partial charge in [-0.3, -0.25) is 0 Å². The lowest BCUT2D eigenvalue weighted by molar-refractivity contribution is 0.545. The fourth-order valence-electron chi connectivity index (χ4n) is 2.69. The van der Waals surface area contributed by atoms with E-state index in [0.717, 1.165) is 18.1 Å². The Bertz CT molecular complexity index is 642. The van der Waals surface area contributed by atoms with Crippen LogP contribution in [0.1, 0.15) is 55.9 Å². The Morgan fingerprint density at radius 2 is 2.14 bits per heavy atom. The van der Waals surface area contributed by atoms with E-state index in [9.17, 15) is 0 Å². The van der Waals surface area contributed by atoms with Crippen molar-refractivity contribution in [3.8, 4) is 0 Å². The van der Waals surface area contributed by atoms with Crippen molar-refractivity contribution in [2.75, 3.05) is 11.1 Å². The SMILES string of the molecule is CC(C)(C)c1nc(N)cc(NC2CCCc3sccc32)n1. The average molecular weight is 302 g/mol. The first-order chi connectivity index (χ1) is 9.93. The van der Waals surface area contributed by atoms with Crippen LogP contribution >= 0.6 is 11.3 Å². The van der Waals surface area contributed by atoms with Gasteiger partial charge in [0.05, 0.1) is 6.04 Å². The minimum atomic E-state index is -0.105. The summed E-state index contributed by atoms with van der Waals surface area (Å²) in [6.07, 6.45) is 3.56. The number of nitrogens with one attached hydrogen (secondary N) is 1. The number of hydrogen-bond acceptors (Lipinski definition) is 5. The third kappa shape index (κ3) is 3.02. The largest absolute Gasteiger partial charge is 0.384 e. The van der Waals surface area contributed by atoms with Crippen LogP contribution in [0.5, 0.6) is 0 Å². The van der Waals surface area contributed by atoms with Gasteiger partial charge in [-0.2, -0.15) is 0 Å². The molecule has 3 rings (SSSR count). The number of aromatic nitrogens is 2. The lowest BCUT2D eigenvalue weighted by Crippen LogP contribution is -2.20. The summed E-state index contributed by atoms with van der Waals surface area (Å²) in [5.41, 5.74) is 7.26. The second-order valence-electron chi connectivity index (χ2n) is 6.64. The quantitative estimate of drug-likeness (QED) is 0.883. The van der Waals surface area contributed by atoms with Crippen LogP contribution in [0, 0.1) is 0 Å². The zero-order chi connectivity index (χ0) is 15.0. The molecule has 0 spiro atoms. The van der Waals surface area contributed by atoms with E-state index in [2.05, 4.69) is 47.5 Å². The smallest absolute Gasteiger partial charge is 0.138 e. The highest BCUT2D eigenvalue weighted by Gasteiger charge is 2.23. The van der Waals surface area contributed by atoms with Crippen LogP contribution in [0.3, 0.4) is 0 Å². The topological polar surface area (TPSA) is 63.8 Å². The second-order valence-corrected chi connectivity index (χ2v) is 7.64. The van der Waals surface area contributed by atoms with Gasteiger partial charge in [0.25, 0.3) is 0 Å². The highest BCUT2D eigenvalue weighted by Crippen LogP contribution is 2.35. The normalized spacial score (nSPS) is 18.3. The Morgan fingerprint density at radius 3 is 2.90 bits per heavy atom. The Labute approximate surface area is 129 Å². The fraction of sp³-hybridized carbons (Fsp3) is 0.500. The maximum absolute atomic E-state index is 5.95. The first-order valence-corrected chi connectivity index (χ1v) is 8.29. The molecule has 1 unspecified atom stereocenters. The van der Waals surface area contributed by atoms with Crippen molar-refractivity contribution < 1.29 is 0 Å². The van der Waals surface area contributed by atoms with Gasteiger partial charge >= 0.3 is 0 Å². The predicted molar refractivity (Wildman–Crippen MR) is 88.8 cm³/mol. The molecule has 0 saturated heterocycles. The molecule has 0 aromatic carbocycles. The number of thiophene rings is 1. The van der Waals surface area contributed by atoms with E-state index in [1.54, 1.807) is 0 Å².